The van der Waals surface area contributed by atoms with E-state index in [1.54, 1.807) is 13.0 Å². The lowest BCUT2D eigenvalue weighted by atomic mass is 10.1. The molecule has 2 N–H and O–H groups in total. The molecule has 0 aliphatic carbocycles. The monoisotopic (exact) mass is 661 g/mol. The van der Waals surface area contributed by atoms with Crippen LogP contribution < -0.4 is 15.0 Å². The standard InChI is InChI=1S/C31H38F3N7O4S/c1-4-45-24-8-7-21(14-22(24)31(32,33)34)28-25(18-40-10-5-6-19(40)2)46-30(37-28)38-29(44)23-15-36-26(16-35-23)41-13-12-39(17-20(41)3)11-9-27(42)43/h7-8,14-16,19-20H,4-6,9-13,17-18H2,1-3H3,(H,42,43)(H,37,38,44)/t19-,20-/m1/s1. The minimum absolute atomic E-state index is 0.0717. The Kier molecular flexibility index (Phi) is 10.4. The summed E-state index contributed by atoms with van der Waals surface area (Å²) in [5.41, 5.74) is -0.137. The molecule has 15 heteroatoms. The van der Waals surface area contributed by atoms with Gasteiger partial charge in [-0.25, -0.2) is 15.0 Å². The van der Waals surface area contributed by atoms with Gasteiger partial charge in [-0.05, 0) is 58.4 Å². The van der Waals surface area contributed by atoms with Crippen molar-refractivity contribution in [3.8, 4) is 17.0 Å². The molecule has 11 nitrogen and oxygen atoms in total. The molecule has 2 fully saturated rings. The summed E-state index contributed by atoms with van der Waals surface area (Å²) in [4.78, 5) is 44.7. The van der Waals surface area contributed by atoms with Gasteiger partial charge >= 0.3 is 12.1 Å². The van der Waals surface area contributed by atoms with Gasteiger partial charge in [-0.2, -0.15) is 13.2 Å². The van der Waals surface area contributed by atoms with Crippen LogP contribution in [0, 0.1) is 0 Å². The van der Waals surface area contributed by atoms with Gasteiger partial charge in [0.2, 0.25) is 0 Å². The maximum Gasteiger partial charge on any atom is 0.419 e. The molecule has 2 aromatic heterocycles. The number of carbonyl (C=O) groups is 2. The number of alkyl halides is 3. The molecule has 2 saturated heterocycles. The van der Waals surface area contributed by atoms with Crippen LogP contribution in [-0.2, 0) is 17.5 Å². The zero-order chi connectivity index (χ0) is 33.0. The van der Waals surface area contributed by atoms with E-state index in [2.05, 4.69) is 41.9 Å². The number of aliphatic carboxylic acids is 1. The number of hydrogen-bond acceptors (Lipinski definition) is 10. The fraction of sp³-hybridized carbons (Fsp3) is 0.516. The van der Waals surface area contributed by atoms with Crippen LogP contribution in [0.4, 0.5) is 24.1 Å². The van der Waals surface area contributed by atoms with Gasteiger partial charge in [-0.1, -0.05) is 11.3 Å². The molecule has 4 heterocycles. The highest BCUT2D eigenvalue weighted by Crippen LogP contribution is 2.41. The van der Waals surface area contributed by atoms with E-state index in [1.165, 1.54) is 29.8 Å². The highest BCUT2D eigenvalue weighted by atomic mass is 32.1. The van der Waals surface area contributed by atoms with E-state index < -0.39 is 23.6 Å². The Labute approximate surface area is 269 Å². The molecule has 0 bridgehead atoms. The summed E-state index contributed by atoms with van der Waals surface area (Å²) in [6, 6.07) is 4.33. The molecule has 3 aromatic rings. The van der Waals surface area contributed by atoms with Crippen molar-refractivity contribution in [2.45, 2.75) is 64.8 Å². The molecule has 5 rings (SSSR count). The largest absolute Gasteiger partial charge is 0.493 e. The van der Waals surface area contributed by atoms with Gasteiger partial charge in [0.05, 0.1) is 36.7 Å². The molecule has 2 aliphatic rings. The number of rotatable bonds is 11. The summed E-state index contributed by atoms with van der Waals surface area (Å²) >= 11 is 1.23. The summed E-state index contributed by atoms with van der Waals surface area (Å²) in [5.74, 6) is -0.993. The smallest absolute Gasteiger partial charge is 0.419 e. The summed E-state index contributed by atoms with van der Waals surface area (Å²) in [6.07, 6.45) is 0.460. The first-order valence-electron chi connectivity index (χ1n) is 15.3. The lowest BCUT2D eigenvalue weighted by Gasteiger charge is -2.40. The molecular weight excluding hydrogens is 623 g/mol. The number of carbonyl (C=O) groups excluding carboxylic acids is 1. The van der Waals surface area contributed by atoms with E-state index in [0.717, 1.165) is 30.3 Å². The molecule has 2 atom stereocenters. The Morgan fingerprint density at radius 3 is 2.57 bits per heavy atom. The van der Waals surface area contributed by atoms with E-state index in [0.29, 0.717) is 50.3 Å². The van der Waals surface area contributed by atoms with E-state index >= 15 is 0 Å². The lowest BCUT2D eigenvalue weighted by molar-refractivity contribution is -0.139. The van der Waals surface area contributed by atoms with Gasteiger partial charge < -0.3 is 14.7 Å². The first kappa shape index (κ1) is 33.5. The third kappa shape index (κ3) is 7.93. The fourth-order valence-electron chi connectivity index (χ4n) is 5.91. The van der Waals surface area contributed by atoms with Crippen molar-refractivity contribution in [3.63, 3.8) is 0 Å². The number of anilines is 2. The van der Waals surface area contributed by atoms with Crippen LogP contribution in [0.15, 0.2) is 30.6 Å². The fourth-order valence-corrected chi connectivity index (χ4v) is 6.91. The molecule has 248 valence electrons. The van der Waals surface area contributed by atoms with E-state index in [9.17, 15) is 22.8 Å². The molecule has 1 aromatic carbocycles. The van der Waals surface area contributed by atoms with Gasteiger partial charge in [-0.3, -0.25) is 24.7 Å². The van der Waals surface area contributed by atoms with Crippen LogP contribution in [0.25, 0.3) is 11.3 Å². The maximum atomic E-state index is 14.0. The molecular formula is C31H38F3N7O4S. The highest BCUT2D eigenvalue weighted by molar-refractivity contribution is 7.16. The first-order chi connectivity index (χ1) is 21.9. The number of piperazine rings is 1. The number of carboxylic acid groups (broad SMARTS) is 1. The summed E-state index contributed by atoms with van der Waals surface area (Å²) < 4.78 is 47.1. The quantitative estimate of drug-likeness (QED) is 0.282. The average Bonchev–Trinajstić information content (AvgIpc) is 3.61. The number of ether oxygens (including phenoxy) is 1. The van der Waals surface area contributed by atoms with E-state index in [4.69, 9.17) is 9.84 Å². The second-order valence-corrected chi connectivity index (χ2v) is 12.7. The molecule has 0 spiro atoms. The lowest BCUT2D eigenvalue weighted by Crippen LogP contribution is -2.52. The predicted molar refractivity (Wildman–Crippen MR) is 168 cm³/mol. The van der Waals surface area contributed by atoms with Gasteiger partial charge in [0.15, 0.2) is 5.13 Å². The molecule has 0 radical (unpaired) electrons. The van der Waals surface area contributed by atoms with Crippen LogP contribution in [0.1, 0.15) is 61.0 Å². The van der Waals surface area contributed by atoms with Crippen molar-refractivity contribution in [2.75, 3.05) is 49.5 Å². The van der Waals surface area contributed by atoms with Gasteiger partial charge in [0, 0.05) is 55.2 Å². The second-order valence-electron chi connectivity index (χ2n) is 11.6. The van der Waals surface area contributed by atoms with Crippen LogP contribution in [-0.4, -0.2) is 93.1 Å². The second kappa shape index (κ2) is 14.3. The number of nitrogens with zero attached hydrogens (tertiary/aromatic N) is 6. The molecule has 2 aliphatic heterocycles. The maximum absolute atomic E-state index is 14.0. The average molecular weight is 662 g/mol. The highest BCUT2D eigenvalue weighted by Gasteiger charge is 2.35. The van der Waals surface area contributed by atoms with E-state index in [-0.39, 0.29) is 41.2 Å². The Balaban J connectivity index is 1.34. The van der Waals surface area contributed by atoms with E-state index in [1.807, 2.05) is 6.92 Å². The summed E-state index contributed by atoms with van der Waals surface area (Å²) in [7, 11) is 0. The van der Waals surface area contributed by atoms with Crippen LogP contribution in [0.3, 0.4) is 0 Å². The third-order valence-electron chi connectivity index (χ3n) is 8.33. The van der Waals surface area contributed by atoms with Gasteiger partial charge in [0.25, 0.3) is 5.91 Å². The minimum atomic E-state index is -4.62. The van der Waals surface area contributed by atoms with Crippen molar-refractivity contribution < 1.29 is 32.6 Å². The van der Waals surface area contributed by atoms with Crippen LogP contribution in [0.2, 0.25) is 0 Å². The number of hydrogen-bond donors (Lipinski definition) is 2. The number of aromatic nitrogens is 3. The van der Waals surface area contributed by atoms with Crippen molar-refractivity contribution in [1.29, 1.82) is 0 Å². The molecule has 1 amide bonds. The Bertz CT molecular complexity index is 1540. The number of likely N-dealkylation sites (tertiary alicyclic amines) is 1. The SMILES string of the molecule is CCOc1ccc(-c2nc(NC(=O)c3cnc(N4CCN(CCC(=O)O)C[C@H]4C)cn3)sc2CN2CCC[C@H]2C)cc1C(F)(F)F. The van der Waals surface area contributed by atoms with Crippen molar-refractivity contribution in [3.05, 3.63) is 46.7 Å². The number of thiazole rings is 1. The Hall–Kier alpha value is -3.82. The molecule has 46 heavy (non-hydrogen) atoms. The third-order valence-corrected chi connectivity index (χ3v) is 9.29. The van der Waals surface area contributed by atoms with Crippen LogP contribution >= 0.6 is 11.3 Å². The molecule has 0 unspecified atom stereocenters. The number of benzene rings is 1. The number of amides is 1. The zero-order valence-corrected chi connectivity index (χ0v) is 26.8. The number of nitrogens with one attached hydrogen (secondary N) is 1. The van der Waals surface area contributed by atoms with Crippen molar-refractivity contribution in [1.82, 2.24) is 24.8 Å². The topological polar surface area (TPSA) is 124 Å². The number of carboxylic acids is 1. The van der Waals surface area contributed by atoms with Crippen molar-refractivity contribution in [2.24, 2.45) is 0 Å². The normalized spacial score (nSPS) is 19.4. The van der Waals surface area contributed by atoms with Crippen LogP contribution in [0.5, 0.6) is 5.75 Å². The van der Waals surface area contributed by atoms with Gasteiger partial charge in [-0.15, -0.1) is 0 Å². The first-order valence-corrected chi connectivity index (χ1v) is 16.2. The molecule has 0 saturated carbocycles. The van der Waals surface area contributed by atoms with Crippen molar-refractivity contribution >= 4 is 34.2 Å². The Morgan fingerprint density at radius 1 is 1.13 bits per heavy atom. The predicted octanol–water partition coefficient (Wildman–Crippen LogP) is 5.24. The van der Waals surface area contributed by atoms with Gasteiger partial charge in [0.1, 0.15) is 17.3 Å². The summed E-state index contributed by atoms with van der Waals surface area (Å²) in [5, 5.41) is 12.0. The summed E-state index contributed by atoms with van der Waals surface area (Å²) in [6.45, 7) is 9.73. The Morgan fingerprint density at radius 2 is 1.93 bits per heavy atom. The minimum Gasteiger partial charge on any atom is -0.493 e. The zero-order valence-electron chi connectivity index (χ0n) is 26.0. The number of halogens is 3.